The molecule has 2 amide bonds. The van der Waals surface area contributed by atoms with E-state index in [-0.39, 0.29) is 5.56 Å². The van der Waals surface area contributed by atoms with E-state index in [0.717, 1.165) is 0 Å². The van der Waals surface area contributed by atoms with Crippen LogP contribution in [0.5, 0.6) is 0 Å². The Kier molecular flexibility index (Phi) is 2.87. The lowest BCUT2D eigenvalue weighted by atomic mass is 10.1. The first-order chi connectivity index (χ1) is 8.18. The minimum Gasteiger partial charge on any atom is -0.366 e. The van der Waals surface area contributed by atoms with E-state index in [4.69, 9.17) is 5.73 Å². The average molecular weight is 230 g/mol. The van der Waals surface area contributed by atoms with Gasteiger partial charge in [-0.05, 0) is 12.1 Å². The fourth-order valence-corrected chi connectivity index (χ4v) is 1.37. The van der Waals surface area contributed by atoms with Gasteiger partial charge in [0.1, 0.15) is 6.33 Å². The number of imidazole rings is 1. The highest BCUT2D eigenvalue weighted by atomic mass is 16.2. The molecule has 3 N–H and O–H groups in total. The Morgan fingerprint density at radius 1 is 1.29 bits per heavy atom. The molecule has 0 saturated heterocycles. The van der Waals surface area contributed by atoms with E-state index in [9.17, 15) is 9.59 Å². The first-order valence-electron chi connectivity index (χ1n) is 4.86. The van der Waals surface area contributed by atoms with Crippen molar-refractivity contribution in [3.8, 4) is 0 Å². The summed E-state index contributed by atoms with van der Waals surface area (Å²) >= 11 is 0. The Morgan fingerprint density at radius 3 is 2.71 bits per heavy atom. The Hall–Kier alpha value is -2.63. The molecule has 1 aromatic heterocycles. The van der Waals surface area contributed by atoms with Crippen LogP contribution in [0.1, 0.15) is 10.4 Å². The molecule has 1 heterocycles. The van der Waals surface area contributed by atoms with Crippen molar-refractivity contribution < 1.29 is 9.59 Å². The number of rotatable bonds is 2. The molecule has 2 aromatic rings. The largest absolute Gasteiger partial charge is 0.366 e. The SMILES string of the molecule is NC(=O)c1ccccc1NC(=O)n1ccnc1. The van der Waals surface area contributed by atoms with Crippen LogP contribution in [0.15, 0.2) is 43.0 Å². The molecule has 0 spiro atoms. The molecule has 2 rings (SSSR count). The predicted octanol–water partition coefficient (Wildman–Crippen LogP) is 1.06. The van der Waals surface area contributed by atoms with Crippen LogP contribution in [-0.2, 0) is 0 Å². The summed E-state index contributed by atoms with van der Waals surface area (Å²) in [6, 6.07) is 6.13. The fraction of sp³-hybridized carbons (Fsp3) is 0. The summed E-state index contributed by atoms with van der Waals surface area (Å²) in [6.07, 6.45) is 4.35. The molecule has 0 unspecified atom stereocenters. The first kappa shape index (κ1) is 10.9. The second kappa shape index (κ2) is 4.48. The number of carbonyl (C=O) groups is 2. The van der Waals surface area contributed by atoms with Crippen molar-refractivity contribution in [2.45, 2.75) is 0 Å². The first-order valence-corrected chi connectivity index (χ1v) is 4.86. The number of amides is 2. The van der Waals surface area contributed by atoms with Gasteiger partial charge in [0.15, 0.2) is 0 Å². The number of aromatic nitrogens is 2. The summed E-state index contributed by atoms with van der Waals surface area (Å²) < 4.78 is 1.26. The zero-order valence-electron chi connectivity index (χ0n) is 8.83. The van der Waals surface area contributed by atoms with Crippen LogP contribution < -0.4 is 11.1 Å². The number of para-hydroxylation sites is 1. The van der Waals surface area contributed by atoms with E-state index < -0.39 is 11.9 Å². The molecule has 6 nitrogen and oxygen atoms in total. The molecular weight excluding hydrogens is 220 g/mol. The van der Waals surface area contributed by atoms with Gasteiger partial charge in [0.2, 0.25) is 0 Å². The number of nitrogens with one attached hydrogen (secondary N) is 1. The molecule has 0 radical (unpaired) electrons. The summed E-state index contributed by atoms with van der Waals surface area (Å²) in [5.74, 6) is -0.591. The molecule has 86 valence electrons. The van der Waals surface area contributed by atoms with E-state index in [2.05, 4.69) is 10.3 Å². The molecule has 0 bridgehead atoms. The quantitative estimate of drug-likeness (QED) is 0.808. The predicted molar refractivity (Wildman–Crippen MR) is 61.6 cm³/mol. The lowest BCUT2D eigenvalue weighted by Gasteiger charge is -2.08. The Balaban J connectivity index is 2.25. The third kappa shape index (κ3) is 2.31. The molecule has 17 heavy (non-hydrogen) atoms. The number of hydrogen-bond acceptors (Lipinski definition) is 3. The third-order valence-electron chi connectivity index (χ3n) is 2.17. The van der Waals surface area contributed by atoms with Crippen molar-refractivity contribution in [3.05, 3.63) is 48.5 Å². The van der Waals surface area contributed by atoms with Crippen molar-refractivity contribution in [2.24, 2.45) is 5.73 Å². The summed E-state index contributed by atoms with van der Waals surface area (Å²) in [4.78, 5) is 26.6. The molecule has 0 aliphatic rings. The standard InChI is InChI=1S/C11H10N4O2/c12-10(16)8-3-1-2-4-9(8)14-11(17)15-6-5-13-7-15/h1-7H,(H2,12,16)(H,14,17). The smallest absolute Gasteiger partial charge is 0.331 e. The molecule has 1 aromatic carbocycles. The maximum absolute atomic E-state index is 11.7. The second-order valence-electron chi connectivity index (χ2n) is 3.31. The minimum atomic E-state index is -0.591. The van der Waals surface area contributed by atoms with Crippen molar-refractivity contribution in [2.75, 3.05) is 5.32 Å². The zero-order chi connectivity index (χ0) is 12.3. The lowest BCUT2D eigenvalue weighted by molar-refractivity contribution is 0.100. The van der Waals surface area contributed by atoms with Gasteiger partial charge < -0.3 is 11.1 Å². The Bertz CT molecular complexity index is 548. The maximum atomic E-state index is 11.7. The van der Waals surface area contributed by atoms with Gasteiger partial charge in [-0.3, -0.25) is 9.36 Å². The van der Waals surface area contributed by atoms with Crippen LogP contribution in [0, 0.1) is 0 Å². The van der Waals surface area contributed by atoms with Crippen molar-refractivity contribution in [3.63, 3.8) is 0 Å². The highest BCUT2D eigenvalue weighted by Crippen LogP contribution is 2.14. The summed E-state index contributed by atoms with van der Waals surface area (Å²) in [7, 11) is 0. The molecule has 0 aliphatic heterocycles. The van der Waals surface area contributed by atoms with Crippen molar-refractivity contribution >= 4 is 17.6 Å². The lowest BCUT2D eigenvalue weighted by Crippen LogP contribution is -2.21. The van der Waals surface area contributed by atoms with Crippen LogP contribution >= 0.6 is 0 Å². The minimum absolute atomic E-state index is 0.265. The Labute approximate surface area is 97.1 Å². The van der Waals surface area contributed by atoms with E-state index >= 15 is 0 Å². The molecular formula is C11H10N4O2. The number of primary amides is 1. The summed E-state index contributed by atoms with van der Waals surface area (Å²) in [6.45, 7) is 0. The summed E-state index contributed by atoms with van der Waals surface area (Å²) in [5, 5.41) is 2.58. The fourth-order valence-electron chi connectivity index (χ4n) is 1.37. The van der Waals surface area contributed by atoms with Crippen LogP contribution in [-0.4, -0.2) is 21.5 Å². The molecule has 0 fully saturated rings. The van der Waals surface area contributed by atoms with Gasteiger partial charge in [-0.2, -0.15) is 0 Å². The number of carbonyl (C=O) groups excluding carboxylic acids is 2. The highest BCUT2D eigenvalue weighted by molar-refractivity contribution is 6.02. The Morgan fingerprint density at radius 2 is 2.06 bits per heavy atom. The molecule has 6 heteroatoms. The van der Waals surface area contributed by atoms with Crippen LogP contribution in [0.2, 0.25) is 0 Å². The van der Waals surface area contributed by atoms with Gasteiger partial charge in [0.05, 0.1) is 11.3 Å². The van der Waals surface area contributed by atoms with Crippen LogP contribution in [0.4, 0.5) is 10.5 Å². The summed E-state index contributed by atoms with van der Waals surface area (Å²) in [5.41, 5.74) is 5.84. The monoisotopic (exact) mass is 230 g/mol. The zero-order valence-corrected chi connectivity index (χ0v) is 8.83. The van der Waals surface area contributed by atoms with Gasteiger partial charge in [-0.1, -0.05) is 12.1 Å². The second-order valence-corrected chi connectivity index (χ2v) is 3.31. The number of benzene rings is 1. The van der Waals surface area contributed by atoms with Crippen molar-refractivity contribution in [1.29, 1.82) is 0 Å². The number of nitrogens with zero attached hydrogens (tertiary/aromatic N) is 2. The number of hydrogen-bond donors (Lipinski definition) is 2. The molecule has 0 atom stereocenters. The van der Waals surface area contributed by atoms with Gasteiger partial charge in [0, 0.05) is 12.4 Å². The van der Waals surface area contributed by atoms with E-state index in [1.54, 1.807) is 24.3 Å². The molecule has 0 saturated carbocycles. The van der Waals surface area contributed by atoms with Gasteiger partial charge in [-0.15, -0.1) is 0 Å². The number of nitrogens with two attached hydrogens (primary N) is 1. The third-order valence-corrected chi connectivity index (χ3v) is 2.17. The van der Waals surface area contributed by atoms with Gasteiger partial charge >= 0.3 is 6.03 Å². The van der Waals surface area contributed by atoms with E-state index in [1.807, 2.05) is 0 Å². The molecule has 0 aliphatic carbocycles. The van der Waals surface area contributed by atoms with Crippen LogP contribution in [0.3, 0.4) is 0 Å². The topological polar surface area (TPSA) is 90.0 Å². The number of anilines is 1. The van der Waals surface area contributed by atoms with Gasteiger partial charge in [0.25, 0.3) is 5.91 Å². The van der Waals surface area contributed by atoms with E-state index in [0.29, 0.717) is 5.69 Å². The van der Waals surface area contributed by atoms with Gasteiger partial charge in [-0.25, -0.2) is 9.78 Å². The van der Waals surface area contributed by atoms with Crippen LogP contribution in [0.25, 0.3) is 0 Å². The highest BCUT2D eigenvalue weighted by Gasteiger charge is 2.10. The van der Waals surface area contributed by atoms with Crippen molar-refractivity contribution in [1.82, 2.24) is 9.55 Å². The maximum Gasteiger partial charge on any atom is 0.331 e. The normalized spacial score (nSPS) is 9.88. The average Bonchev–Trinajstić information content (AvgIpc) is 2.83. The van der Waals surface area contributed by atoms with E-state index in [1.165, 1.54) is 23.3 Å².